The van der Waals surface area contributed by atoms with Gasteiger partial charge in [-0.15, -0.1) is 0 Å². The molecule has 3 aliphatic heterocycles. The van der Waals surface area contributed by atoms with Crippen LogP contribution in [0.1, 0.15) is 251 Å². The summed E-state index contributed by atoms with van der Waals surface area (Å²) in [7, 11) is 7.94. The zero-order chi connectivity index (χ0) is 56.4. The molecule has 0 spiro atoms. The van der Waals surface area contributed by atoms with Gasteiger partial charge < -0.3 is 18.9 Å². The molecule has 11 heteroatoms. The third kappa shape index (κ3) is 15.4. The Labute approximate surface area is 452 Å². The van der Waals surface area contributed by atoms with E-state index < -0.39 is 40.4 Å². The van der Waals surface area contributed by atoms with Crippen LogP contribution in [0.4, 0.5) is 0 Å². The van der Waals surface area contributed by atoms with Gasteiger partial charge in [-0.25, -0.2) is 0 Å². The largest absolute Gasteiger partial charge is 0.469 e. The summed E-state index contributed by atoms with van der Waals surface area (Å²) < 4.78 is 25.2. The predicted octanol–water partition coefficient (Wildman–Crippen LogP) is 13.7. The summed E-state index contributed by atoms with van der Waals surface area (Å²) in [5, 5.41) is 0. The van der Waals surface area contributed by atoms with Crippen LogP contribution in [0.3, 0.4) is 0 Å². The second-order valence-electron chi connectivity index (χ2n) is 29.4. The molecule has 1 aromatic rings. The van der Waals surface area contributed by atoms with E-state index in [1.165, 1.54) is 7.11 Å². The Hall–Kier alpha value is -3.02. The molecule has 0 bridgehead atoms. The van der Waals surface area contributed by atoms with Crippen molar-refractivity contribution in [2.24, 2.45) is 17.3 Å². The molecule has 0 aliphatic carbocycles. The van der Waals surface area contributed by atoms with Gasteiger partial charge in [0.15, 0.2) is 5.41 Å². The average molecular weight is 1040 g/mol. The van der Waals surface area contributed by atoms with Gasteiger partial charge in [-0.05, 0) is 171 Å². The van der Waals surface area contributed by atoms with Gasteiger partial charge in [0.1, 0.15) is 18.0 Å². The number of hydrogen-bond donors (Lipinski definition) is 0. The molecule has 3 aliphatic rings. The minimum absolute atomic E-state index is 0.0461. The van der Waals surface area contributed by atoms with E-state index in [0.717, 1.165) is 68.1 Å². The van der Waals surface area contributed by atoms with E-state index >= 15 is 9.59 Å². The quantitative estimate of drug-likeness (QED) is 0.0409. The van der Waals surface area contributed by atoms with Crippen molar-refractivity contribution in [1.29, 1.82) is 0 Å². The maximum absolute atomic E-state index is 15.6. The van der Waals surface area contributed by atoms with Crippen LogP contribution in [0.2, 0.25) is 0 Å². The third-order valence-electron chi connectivity index (χ3n) is 18.7. The average Bonchev–Trinajstić information content (AvgIpc) is 3.24. The molecule has 1 atom stereocenters. The van der Waals surface area contributed by atoms with E-state index in [1.54, 1.807) is 0 Å². The molecule has 3 saturated heterocycles. The van der Waals surface area contributed by atoms with E-state index in [0.29, 0.717) is 56.6 Å². The fourth-order valence-electron chi connectivity index (χ4n) is 13.4. The lowest BCUT2D eigenvalue weighted by atomic mass is 9.67. The number of hydrogen-bond acceptors (Lipinski definition) is 11. The van der Waals surface area contributed by atoms with Crippen molar-refractivity contribution in [3.05, 3.63) is 28.8 Å². The van der Waals surface area contributed by atoms with Gasteiger partial charge in [-0.1, -0.05) is 92.7 Å². The molecular weight excluding hydrogens is 927 g/mol. The molecular formula is C63H109N3O8. The summed E-state index contributed by atoms with van der Waals surface area (Å²) in [6.45, 7) is 41.8. The normalized spacial score (nSPS) is 22.2. The Morgan fingerprint density at radius 1 is 0.581 bits per heavy atom. The van der Waals surface area contributed by atoms with Crippen molar-refractivity contribution in [2.45, 2.75) is 297 Å². The number of ether oxygens (including phenoxy) is 4. The Balaban J connectivity index is 1.83. The molecule has 11 nitrogen and oxygen atoms in total. The number of methoxy groups -OCH3 is 1. The number of nitrogens with zero attached hydrogens (tertiary/aromatic N) is 3. The summed E-state index contributed by atoms with van der Waals surface area (Å²) in [4.78, 5) is 65.1. The van der Waals surface area contributed by atoms with Crippen molar-refractivity contribution in [3.63, 3.8) is 0 Å². The van der Waals surface area contributed by atoms with E-state index in [4.69, 9.17) is 18.9 Å². The highest BCUT2D eigenvalue weighted by Crippen LogP contribution is 2.48. The Bertz CT molecular complexity index is 1960. The summed E-state index contributed by atoms with van der Waals surface area (Å²) in [6.07, 6.45) is 10.8. The monoisotopic (exact) mass is 1040 g/mol. The first-order chi connectivity index (χ1) is 33.7. The van der Waals surface area contributed by atoms with Crippen LogP contribution in [0.15, 0.2) is 12.1 Å². The summed E-state index contributed by atoms with van der Waals surface area (Å²) in [5.41, 5.74) is -1.12. The number of rotatable bonds is 20. The lowest BCUT2D eigenvalue weighted by molar-refractivity contribution is -0.188. The molecule has 3 fully saturated rings. The number of esters is 4. The van der Waals surface area contributed by atoms with Crippen LogP contribution in [-0.2, 0) is 50.6 Å². The van der Waals surface area contributed by atoms with E-state index in [1.807, 2.05) is 0 Å². The minimum Gasteiger partial charge on any atom is -0.469 e. The Morgan fingerprint density at radius 2 is 0.973 bits per heavy atom. The van der Waals surface area contributed by atoms with Crippen molar-refractivity contribution in [3.8, 4) is 5.75 Å². The van der Waals surface area contributed by atoms with Gasteiger partial charge in [0.05, 0.1) is 7.11 Å². The first-order valence-corrected chi connectivity index (χ1v) is 28.8. The maximum Gasteiger partial charge on any atom is 0.324 e. The van der Waals surface area contributed by atoms with Gasteiger partial charge in [0, 0.05) is 82.9 Å². The van der Waals surface area contributed by atoms with Crippen molar-refractivity contribution in [1.82, 2.24) is 14.7 Å². The molecule has 4 rings (SSSR count). The van der Waals surface area contributed by atoms with E-state index in [9.17, 15) is 9.59 Å². The van der Waals surface area contributed by atoms with E-state index in [2.05, 4.69) is 180 Å². The SMILES string of the molecule is CCCCC(Cc1cc(C(C)(C)C)c(OC(=O)CC(CCCCCCC(=O)OC)C2CC(C)(C)N(C)C(C)(C)C2)c(C(C)(C)C)c1)(C(=O)OC1CC(C)(C)N(C)C(C)(C)C1)C(=O)OC1CC(C)(C)N(C)C(C)(C)C1. The van der Waals surface area contributed by atoms with Crippen molar-refractivity contribution >= 4 is 23.9 Å². The molecule has 0 aromatic heterocycles. The topological polar surface area (TPSA) is 115 Å². The van der Waals surface area contributed by atoms with Crippen LogP contribution in [0.25, 0.3) is 0 Å². The van der Waals surface area contributed by atoms with Crippen LogP contribution >= 0.6 is 0 Å². The molecule has 0 saturated carbocycles. The van der Waals surface area contributed by atoms with Gasteiger partial charge in [-0.2, -0.15) is 0 Å². The zero-order valence-corrected chi connectivity index (χ0v) is 51.6. The Morgan fingerprint density at radius 3 is 1.35 bits per heavy atom. The molecule has 74 heavy (non-hydrogen) atoms. The molecule has 1 aromatic carbocycles. The number of carbonyl (C=O) groups is 4. The van der Waals surface area contributed by atoms with Gasteiger partial charge >= 0.3 is 23.9 Å². The molecule has 0 radical (unpaired) electrons. The van der Waals surface area contributed by atoms with Crippen molar-refractivity contribution < 1.29 is 38.1 Å². The number of piperidine rings is 3. The summed E-state index contributed by atoms with van der Waals surface area (Å²) in [6, 6.07) is 4.19. The second kappa shape index (κ2) is 23.5. The first-order valence-electron chi connectivity index (χ1n) is 28.8. The van der Waals surface area contributed by atoms with E-state index in [-0.39, 0.29) is 63.9 Å². The highest BCUT2D eigenvalue weighted by molar-refractivity contribution is 6.00. The van der Waals surface area contributed by atoms with Crippen LogP contribution < -0.4 is 4.74 Å². The predicted molar refractivity (Wildman–Crippen MR) is 302 cm³/mol. The number of likely N-dealkylation sites (tertiary alicyclic amines) is 3. The number of unbranched alkanes of at least 4 members (excludes halogenated alkanes) is 4. The zero-order valence-electron chi connectivity index (χ0n) is 51.6. The first kappa shape index (κ1) is 63.5. The van der Waals surface area contributed by atoms with Crippen LogP contribution in [0, 0.1) is 17.3 Å². The standard InChI is InChI=1S/C63H109N3O8/c1-24-25-32-63(53(69)72-46-39-59(12,13)65(21)60(14,15)40-46,54(70)73-47-41-61(16,17)66(22)62(18,19)42-47)36-43-33-48(55(2,3)4)52(49(34-43)56(5,6)7)74-51(68)35-44(30-28-26-27-29-31-50(67)71-23)45-37-57(8,9)64(20)58(10,11)38-45/h33-34,44-47H,24-32,35-42H2,1-23H3. The highest BCUT2D eigenvalue weighted by Gasteiger charge is 2.54. The maximum atomic E-state index is 15.6. The van der Waals surface area contributed by atoms with Crippen molar-refractivity contribution in [2.75, 3.05) is 28.3 Å². The molecule has 0 amide bonds. The molecule has 0 N–H and O–H groups in total. The van der Waals surface area contributed by atoms with Crippen LogP contribution in [-0.4, -0.2) is 112 Å². The third-order valence-corrected chi connectivity index (χ3v) is 18.7. The number of benzene rings is 1. The molecule has 1 unspecified atom stereocenters. The fraction of sp³-hybridized carbons (Fsp3) is 0.841. The van der Waals surface area contributed by atoms with Gasteiger partial charge in [0.2, 0.25) is 0 Å². The molecule has 424 valence electrons. The van der Waals surface area contributed by atoms with Gasteiger partial charge in [0.25, 0.3) is 0 Å². The summed E-state index contributed by atoms with van der Waals surface area (Å²) in [5.74, 6) is -0.432. The fourth-order valence-corrected chi connectivity index (χ4v) is 13.4. The number of carbonyl (C=O) groups excluding carboxylic acids is 4. The van der Waals surface area contributed by atoms with Gasteiger partial charge in [-0.3, -0.25) is 33.9 Å². The lowest BCUT2D eigenvalue weighted by Crippen LogP contribution is -2.61. The second-order valence-corrected chi connectivity index (χ2v) is 29.4. The van der Waals surface area contributed by atoms with Crippen LogP contribution in [0.5, 0.6) is 5.75 Å². The minimum atomic E-state index is -1.63. The smallest absolute Gasteiger partial charge is 0.324 e. The Kier molecular flexibility index (Phi) is 20.2. The highest BCUT2D eigenvalue weighted by atomic mass is 16.6. The summed E-state index contributed by atoms with van der Waals surface area (Å²) >= 11 is 0. The lowest BCUT2D eigenvalue weighted by Gasteiger charge is -2.55. The molecule has 3 heterocycles.